The van der Waals surface area contributed by atoms with Gasteiger partial charge in [0.15, 0.2) is 0 Å². The number of benzene rings is 1. The maximum atomic E-state index is 11.6. The molecule has 1 aromatic heterocycles. The van der Waals surface area contributed by atoms with E-state index in [9.17, 15) is 4.79 Å². The van der Waals surface area contributed by atoms with Crippen LogP contribution in [0.2, 0.25) is 5.02 Å². The summed E-state index contributed by atoms with van der Waals surface area (Å²) in [6, 6.07) is 7.36. The molecule has 94 valence electrons. The fourth-order valence-corrected chi connectivity index (χ4v) is 2.74. The van der Waals surface area contributed by atoms with Gasteiger partial charge in [-0.05, 0) is 18.6 Å². The highest BCUT2D eigenvalue weighted by Crippen LogP contribution is 2.29. The molecule has 1 amide bonds. The minimum atomic E-state index is -0.301. The second-order valence-corrected chi connectivity index (χ2v) is 5.06. The highest BCUT2D eigenvalue weighted by Gasteiger charge is 2.16. The number of nitrogens with two attached hydrogens (primary N) is 1. The number of amides is 1. The summed E-state index contributed by atoms with van der Waals surface area (Å²) in [7, 11) is 0. The van der Waals surface area contributed by atoms with Gasteiger partial charge in [0, 0.05) is 10.6 Å². The Hall–Kier alpha value is -1.43. The molecule has 0 saturated heterocycles. The molecule has 0 spiro atoms. The van der Waals surface area contributed by atoms with Crippen molar-refractivity contribution in [3.8, 4) is 10.6 Å². The zero-order chi connectivity index (χ0) is 13.1. The first kappa shape index (κ1) is 13.0. The monoisotopic (exact) mass is 281 g/mol. The Kier molecular flexibility index (Phi) is 3.96. The zero-order valence-corrected chi connectivity index (χ0v) is 11.3. The van der Waals surface area contributed by atoms with E-state index in [0.717, 1.165) is 16.3 Å². The number of halogens is 1. The first-order chi connectivity index (χ1) is 8.65. The molecule has 0 atom stereocenters. The number of aromatic nitrogens is 1. The summed E-state index contributed by atoms with van der Waals surface area (Å²) in [6.07, 6.45) is 0.687. The van der Waals surface area contributed by atoms with Gasteiger partial charge < -0.3 is 0 Å². The van der Waals surface area contributed by atoms with Crippen LogP contribution in [0.5, 0.6) is 0 Å². The van der Waals surface area contributed by atoms with E-state index in [2.05, 4.69) is 10.4 Å². The smallest absolute Gasteiger partial charge is 0.277 e. The van der Waals surface area contributed by atoms with E-state index >= 15 is 0 Å². The van der Waals surface area contributed by atoms with Gasteiger partial charge in [-0.25, -0.2) is 10.8 Å². The third kappa shape index (κ3) is 2.53. The van der Waals surface area contributed by atoms with Crippen LogP contribution in [0.3, 0.4) is 0 Å². The molecular formula is C12H12ClN3OS. The Morgan fingerprint density at radius 2 is 2.11 bits per heavy atom. The average molecular weight is 282 g/mol. The van der Waals surface area contributed by atoms with Gasteiger partial charge in [0.1, 0.15) is 9.88 Å². The van der Waals surface area contributed by atoms with Gasteiger partial charge in [0.25, 0.3) is 5.91 Å². The first-order valence-corrected chi connectivity index (χ1v) is 6.61. The number of nitrogens with one attached hydrogen (secondary N) is 1. The number of nitrogens with zero attached hydrogens (tertiary/aromatic N) is 1. The quantitative estimate of drug-likeness (QED) is 0.516. The molecule has 2 rings (SSSR count). The Balaban J connectivity index is 2.43. The number of thiazole rings is 1. The maximum Gasteiger partial charge on any atom is 0.277 e. The van der Waals surface area contributed by atoms with Crippen molar-refractivity contribution in [3.05, 3.63) is 39.9 Å². The van der Waals surface area contributed by atoms with E-state index in [1.807, 2.05) is 19.1 Å². The third-order valence-corrected chi connectivity index (χ3v) is 3.86. The van der Waals surface area contributed by atoms with E-state index in [-0.39, 0.29) is 5.91 Å². The Bertz CT molecular complexity index is 565. The van der Waals surface area contributed by atoms with Gasteiger partial charge >= 0.3 is 0 Å². The van der Waals surface area contributed by atoms with Gasteiger partial charge in [-0.3, -0.25) is 10.2 Å². The molecule has 3 N–H and O–H groups in total. The minimum absolute atomic E-state index is 0.301. The molecule has 0 aliphatic carbocycles. The lowest BCUT2D eigenvalue weighted by Crippen LogP contribution is -2.29. The molecule has 0 fully saturated rings. The maximum absolute atomic E-state index is 11.6. The van der Waals surface area contributed by atoms with Crippen molar-refractivity contribution in [2.45, 2.75) is 13.3 Å². The summed E-state index contributed by atoms with van der Waals surface area (Å²) in [5.74, 6) is 4.86. The number of carbonyl (C=O) groups is 1. The van der Waals surface area contributed by atoms with Gasteiger partial charge in [-0.1, -0.05) is 30.7 Å². The van der Waals surface area contributed by atoms with Crippen LogP contribution >= 0.6 is 22.9 Å². The fraction of sp³-hybridized carbons (Fsp3) is 0.167. The Labute approximate surface area is 114 Å². The largest absolute Gasteiger partial charge is 0.289 e. The molecule has 1 aromatic carbocycles. The molecule has 18 heavy (non-hydrogen) atoms. The van der Waals surface area contributed by atoms with Crippen LogP contribution in [-0.2, 0) is 6.42 Å². The van der Waals surface area contributed by atoms with Crippen molar-refractivity contribution >= 4 is 28.8 Å². The normalized spacial score (nSPS) is 10.4. The lowest BCUT2D eigenvalue weighted by molar-refractivity contribution is 0.0956. The zero-order valence-electron chi connectivity index (χ0n) is 9.74. The molecule has 6 heteroatoms. The van der Waals surface area contributed by atoms with Gasteiger partial charge in [-0.2, -0.15) is 0 Å². The molecule has 2 aromatic rings. The third-order valence-electron chi connectivity index (χ3n) is 2.46. The summed E-state index contributed by atoms with van der Waals surface area (Å²) in [5.41, 5.74) is 3.84. The van der Waals surface area contributed by atoms with Gasteiger partial charge in [0.05, 0.1) is 5.69 Å². The van der Waals surface area contributed by atoms with E-state index in [4.69, 9.17) is 17.4 Å². The van der Waals surface area contributed by atoms with Crippen LogP contribution in [0, 0.1) is 0 Å². The van der Waals surface area contributed by atoms with Crippen molar-refractivity contribution in [2.24, 2.45) is 5.84 Å². The predicted molar refractivity (Wildman–Crippen MR) is 73.6 cm³/mol. The van der Waals surface area contributed by atoms with Crippen LogP contribution < -0.4 is 11.3 Å². The number of hydrazine groups is 1. The molecule has 0 bridgehead atoms. The van der Waals surface area contributed by atoms with E-state index in [1.54, 1.807) is 12.1 Å². The Morgan fingerprint density at radius 1 is 1.44 bits per heavy atom. The van der Waals surface area contributed by atoms with Crippen LogP contribution in [0.15, 0.2) is 24.3 Å². The van der Waals surface area contributed by atoms with Crippen LogP contribution in [-0.4, -0.2) is 10.9 Å². The first-order valence-electron chi connectivity index (χ1n) is 5.42. The number of nitrogen functional groups attached to an aromatic ring is 1. The summed E-state index contributed by atoms with van der Waals surface area (Å²) in [5, 5.41) is 1.47. The van der Waals surface area contributed by atoms with Gasteiger partial charge in [-0.15, -0.1) is 11.3 Å². The molecule has 0 unspecified atom stereocenters. The highest BCUT2D eigenvalue weighted by molar-refractivity contribution is 7.17. The van der Waals surface area contributed by atoms with Crippen molar-refractivity contribution in [2.75, 3.05) is 0 Å². The number of hydrogen-bond donors (Lipinski definition) is 2. The minimum Gasteiger partial charge on any atom is -0.289 e. The van der Waals surface area contributed by atoms with E-state index in [0.29, 0.717) is 16.3 Å². The van der Waals surface area contributed by atoms with Crippen LogP contribution in [0.4, 0.5) is 0 Å². The summed E-state index contributed by atoms with van der Waals surface area (Å²) >= 11 is 7.17. The van der Waals surface area contributed by atoms with E-state index in [1.165, 1.54) is 11.3 Å². The van der Waals surface area contributed by atoms with Crippen molar-refractivity contribution in [3.63, 3.8) is 0 Å². The van der Waals surface area contributed by atoms with Crippen molar-refractivity contribution in [1.82, 2.24) is 10.4 Å². The van der Waals surface area contributed by atoms with Crippen LogP contribution in [0.25, 0.3) is 10.6 Å². The lowest BCUT2D eigenvalue weighted by Gasteiger charge is -1.96. The second-order valence-electron chi connectivity index (χ2n) is 3.63. The number of rotatable bonds is 3. The molecule has 0 saturated carbocycles. The summed E-state index contributed by atoms with van der Waals surface area (Å²) < 4.78 is 0. The Morgan fingerprint density at radius 3 is 2.67 bits per heavy atom. The summed E-state index contributed by atoms with van der Waals surface area (Å²) in [6.45, 7) is 1.95. The van der Waals surface area contributed by atoms with Crippen molar-refractivity contribution < 1.29 is 4.79 Å². The summed E-state index contributed by atoms with van der Waals surface area (Å²) in [4.78, 5) is 16.6. The topological polar surface area (TPSA) is 68.0 Å². The van der Waals surface area contributed by atoms with Gasteiger partial charge in [0.2, 0.25) is 0 Å². The number of hydrogen-bond acceptors (Lipinski definition) is 4. The lowest BCUT2D eigenvalue weighted by atomic mass is 10.2. The van der Waals surface area contributed by atoms with E-state index < -0.39 is 0 Å². The predicted octanol–water partition coefficient (Wildman–Crippen LogP) is 2.63. The molecule has 4 nitrogen and oxygen atoms in total. The number of carbonyl (C=O) groups excluding carboxylic acids is 1. The molecule has 0 aliphatic rings. The average Bonchev–Trinajstić information content (AvgIpc) is 2.82. The molecule has 1 heterocycles. The molecule has 0 radical (unpaired) electrons. The standard InChI is InChI=1S/C12H12ClN3OS/c1-2-9-10(11(17)16-14)18-12(15-9)7-3-5-8(13)6-4-7/h3-6H,2,14H2,1H3,(H,16,17). The highest BCUT2D eigenvalue weighted by atomic mass is 35.5. The van der Waals surface area contributed by atoms with Crippen molar-refractivity contribution in [1.29, 1.82) is 0 Å². The second kappa shape index (κ2) is 5.48. The fourth-order valence-electron chi connectivity index (χ4n) is 1.55. The SMILES string of the molecule is CCc1nc(-c2ccc(Cl)cc2)sc1C(=O)NN. The molecular weight excluding hydrogens is 270 g/mol. The number of aryl methyl sites for hydroxylation is 1. The van der Waals surface area contributed by atoms with Crippen LogP contribution in [0.1, 0.15) is 22.3 Å². The molecule has 0 aliphatic heterocycles.